The van der Waals surface area contributed by atoms with E-state index in [2.05, 4.69) is 0 Å². The third-order valence-corrected chi connectivity index (χ3v) is 2.65. The van der Waals surface area contributed by atoms with Gasteiger partial charge in [0.1, 0.15) is 5.69 Å². The minimum Gasteiger partial charge on any atom is -0.393 e. The Balaban J connectivity index is 2.44. The fraction of sp³-hybridized carbons (Fsp3) is 0. The molecule has 0 radical (unpaired) electrons. The van der Waals surface area contributed by atoms with E-state index in [1.165, 1.54) is 6.07 Å². The Hall–Kier alpha value is -2.07. The number of hydrogen-bond donors (Lipinski definition) is 1. The number of nitro groups is 1. The van der Waals surface area contributed by atoms with Gasteiger partial charge in [-0.05, 0) is 35.4 Å². The highest BCUT2D eigenvalue weighted by atomic mass is 35.5. The minimum absolute atomic E-state index is 0.0808. The first-order valence-electron chi connectivity index (χ1n) is 4.88. The van der Waals surface area contributed by atoms with Crippen LogP contribution in [0.25, 0.3) is 11.1 Å². The predicted molar refractivity (Wildman–Crippen MR) is 68.0 cm³/mol. The molecule has 0 amide bonds. The molecule has 0 aliphatic carbocycles. The second kappa shape index (κ2) is 4.43. The lowest BCUT2D eigenvalue weighted by Gasteiger charge is -2.03. The van der Waals surface area contributed by atoms with E-state index >= 15 is 0 Å². The summed E-state index contributed by atoms with van der Waals surface area (Å²) in [4.78, 5) is 10.1. The first kappa shape index (κ1) is 11.4. The van der Waals surface area contributed by atoms with Crippen LogP contribution in [0.5, 0.6) is 0 Å². The summed E-state index contributed by atoms with van der Waals surface area (Å²) in [5.74, 6) is 0. The van der Waals surface area contributed by atoms with Crippen LogP contribution < -0.4 is 5.73 Å². The molecule has 2 aromatic carbocycles. The van der Waals surface area contributed by atoms with Gasteiger partial charge in [0.15, 0.2) is 0 Å². The fourth-order valence-electron chi connectivity index (χ4n) is 1.54. The van der Waals surface area contributed by atoms with Crippen molar-refractivity contribution < 1.29 is 4.92 Å². The van der Waals surface area contributed by atoms with Crippen LogP contribution in [0.3, 0.4) is 0 Å². The normalized spacial score (nSPS) is 10.2. The van der Waals surface area contributed by atoms with Gasteiger partial charge in [-0.15, -0.1) is 0 Å². The number of nitrogens with zero attached hydrogens (tertiary/aromatic N) is 1. The monoisotopic (exact) mass is 248 g/mol. The quantitative estimate of drug-likeness (QED) is 0.502. The summed E-state index contributed by atoms with van der Waals surface area (Å²) in [6.45, 7) is 0. The van der Waals surface area contributed by atoms with Crippen molar-refractivity contribution in [2.24, 2.45) is 0 Å². The van der Waals surface area contributed by atoms with E-state index in [9.17, 15) is 10.1 Å². The molecule has 0 saturated heterocycles. The summed E-state index contributed by atoms with van der Waals surface area (Å²) in [5.41, 5.74) is 7.43. The summed E-state index contributed by atoms with van der Waals surface area (Å²) in [7, 11) is 0. The van der Waals surface area contributed by atoms with Crippen LogP contribution in [0.1, 0.15) is 0 Å². The average Bonchev–Trinajstić information content (AvgIpc) is 2.29. The zero-order valence-corrected chi connectivity index (χ0v) is 9.52. The molecule has 0 heterocycles. The van der Waals surface area contributed by atoms with Gasteiger partial charge in [-0.25, -0.2) is 0 Å². The van der Waals surface area contributed by atoms with Crippen LogP contribution in [-0.4, -0.2) is 4.92 Å². The maximum Gasteiger partial charge on any atom is 0.292 e. The molecule has 2 aromatic rings. The standard InChI is InChI=1S/C12H9ClN2O2/c13-10-4-1-8(2-5-10)9-3-6-12(15(16)17)11(14)7-9/h1-7H,14H2. The van der Waals surface area contributed by atoms with Crippen LogP contribution >= 0.6 is 11.6 Å². The van der Waals surface area contributed by atoms with Crippen molar-refractivity contribution in [3.63, 3.8) is 0 Å². The predicted octanol–water partition coefficient (Wildman–Crippen LogP) is 3.50. The van der Waals surface area contributed by atoms with Crippen molar-refractivity contribution in [2.45, 2.75) is 0 Å². The minimum atomic E-state index is -0.499. The van der Waals surface area contributed by atoms with Gasteiger partial charge >= 0.3 is 0 Å². The lowest BCUT2D eigenvalue weighted by Crippen LogP contribution is -1.95. The first-order valence-corrected chi connectivity index (χ1v) is 5.25. The zero-order chi connectivity index (χ0) is 12.4. The average molecular weight is 249 g/mol. The second-order valence-electron chi connectivity index (χ2n) is 3.54. The third kappa shape index (κ3) is 2.37. The topological polar surface area (TPSA) is 69.2 Å². The Bertz CT molecular complexity index is 567. The molecule has 5 heteroatoms. The van der Waals surface area contributed by atoms with Gasteiger partial charge in [0.05, 0.1) is 4.92 Å². The Morgan fingerprint density at radius 1 is 1.06 bits per heavy atom. The number of hydrogen-bond acceptors (Lipinski definition) is 3. The van der Waals surface area contributed by atoms with Gasteiger partial charge in [0, 0.05) is 11.1 Å². The third-order valence-electron chi connectivity index (χ3n) is 2.40. The number of nitrogens with two attached hydrogens (primary N) is 1. The second-order valence-corrected chi connectivity index (χ2v) is 3.97. The smallest absolute Gasteiger partial charge is 0.292 e. The number of rotatable bonds is 2. The van der Waals surface area contributed by atoms with Gasteiger partial charge in [0.25, 0.3) is 5.69 Å². The van der Waals surface area contributed by atoms with Crippen LogP contribution in [0.2, 0.25) is 5.02 Å². The molecule has 4 nitrogen and oxygen atoms in total. The molecule has 0 aliphatic rings. The SMILES string of the molecule is Nc1cc(-c2ccc(Cl)cc2)ccc1[N+](=O)[O-]. The lowest BCUT2D eigenvalue weighted by molar-refractivity contribution is -0.383. The highest BCUT2D eigenvalue weighted by molar-refractivity contribution is 6.30. The number of benzene rings is 2. The highest BCUT2D eigenvalue weighted by Crippen LogP contribution is 2.28. The summed E-state index contributed by atoms with van der Waals surface area (Å²) in [5, 5.41) is 11.3. The molecule has 86 valence electrons. The van der Waals surface area contributed by atoms with Crippen molar-refractivity contribution in [3.05, 3.63) is 57.6 Å². The van der Waals surface area contributed by atoms with E-state index in [1.807, 2.05) is 12.1 Å². The van der Waals surface area contributed by atoms with Gasteiger partial charge in [-0.1, -0.05) is 23.7 Å². The zero-order valence-electron chi connectivity index (χ0n) is 8.76. The summed E-state index contributed by atoms with van der Waals surface area (Å²) >= 11 is 5.78. The van der Waals surface area contributed by atoms with Gasteiger partial charge in [-0.2, -0.15) is 0 Å². The van der Waals surface area contributed by atoms with E-state index in [1.54, 1.807) is 24.3 Å². The molecule has 0 atom stereocenters. The van der Waals surface area contributed by atoms with E-state index in [0.29, 0.717) is 5.02 Å². The van der Waals surface area contributed by atoms with Crippen molar-refractivity contribution in [1.29, 1.82) is 0 Å². The number of anilines is 1. The first-order chi connectivity index (χ1) is 8.08. The number of halogens is 1. The van der Waals surface area contributed by atoms with Crippen LogP contribution in [-0.2, 0) is 0 Å². The van der Waals surface area contributed by atoms with Crippen LogP contribution in [0.4, 0.5) is 11.4 Å². The van der Waals surface area contributed by atoms with Crippen LogP contribution in [0, 0.1) is 10.1 Å². The Morgan fingerprint density at radius 3 is 2.18 bits per heavy atom. The maximum absolute atomic E-state index is 10.6. The van der Waals surface area contributed by atoms with Gasteiger partial charge < -0.3 is 5.73 Å². The Morgan fingerprint density at radius 2 is 1.65 bits per heavy atom. The largest absolute Gasteiger partial charge is 0.393 e. The maximum atomic E-state index is 10.6. The molecule has 2 N–H and O–H groups in total. The number of nitrogen functional groups attached to an aromatic ring is 1. The lowest BCUT2D eigenvalue weighted by atomic mass is 10.0. The molecule has 0 bridgehead atoms. The fourth-order valence-corrected chi connectivity index (χ4v) is 1.67. The van der Waals surface area contributed by atoms with Gasteiger partial charge in [-0.3, -0.25) is 10.1 Å². The van der Waals surface area contributed by atoms with E-state index in [0.717, 1.165) is 11.1 Å². The Kier molecular flexibility index (Phi) is 2.97. The molecule has 17 heavy (non-hydrogen) atoms. The van der Waals surface area contributed by atoms with E-state index < -0.39 is 4.92 Å². The summed E-state index contributed by atoms with van der Waals surface area (Å²) in [6.07, 6.45) is 0. The van der Waals surface area contributed by atoms with E-state index in [4.69, 9.17) is 17.3 Å². The van der Waals surface area contributed by atoms with Crippen LogP contribution in [0.15, 0.2) is 42.5 Å². The molecular formula is C12H9ClN2O2. The molecule has 0 unspecified atom stereocenters. The summed E-state index contributed by atoms with van der Waals surface area (Å²) in [6, 6.07) is 11.8. The van der Waals surface area contributed by atoms with Crippen molar-refractivity contribution in [3.8, 4) is 11.1 Å². The Labute approximate surface area is 103 Å². The molecule has 0 spiro atoms. The molecule has 0 fully saturated rings. The molecule has 0 aliphatic heterocycles. The van der Waals surface area contributed by atoms with Crippen molar-refractivity contribution in [2.75, 3.05) is 5.73 Å². The molecule has 0 aromatic heterocycles. The highest BCUT2D eigenvalue weighted by Gasteiger charge is 2.11. The molecular weight excluding hydrogens is 240 g/mol. The summed E-state index contributed by atoms with van der Waals surface area (Å²) < 4.78 is 0. The van der Waals surface area contributed by atoms with Crippen molar-refractivity contribution >= 4 is 23.0 Å². The van der Waals surface area contributed by atoms with E-state index in [-0.39, 0.29) is 11.4 Å². The molecule has 0 saturated carbocycles. The van der Waals surface area contributed by atoms with Gasteiger partial charge in [0.2, 0.25) is 0 Å². The number of nitro benzene ring substituents is 1. The molecule has 2 rings (SSSR count). The van der Waals surface area contributed by atoms with Crippen molar-refractivity contribution in [1.82, 2.24) is 0 Å².